The number of hydrogen-bond acceptors (Lipinski definition) is 5. The van der Waals surface area contributed by atoms with Crippen LogP contribution in [-0.2, 0) is 20.0 Å². The Bertz CT molecular complexity index is 1030. The van der Waals surface area contributed by atoms with E-state index in [1.165, 1.54) is 28.6 Å². The molecule has 1 unspecified atom stereocenters. The van der Waals surface area contributed by atoms with Gasteiger partial charge in [0.05, 0.1) is 9.79 Å². The van der Waals surface area contributed by atoms with Gasteiger partial charge in [0, 0.05) is 38.4 Å². The summed E-state index contributed by atoms with van der Waals surface area (Å²) >= 11 is 0. The summed E-state index contributed by atoms with van der Waals surface area (Å²) in [4.78, 5) is 2.15. The Labute approximate surface area is 179 Å². The molecule has 164 valence electrons. The summed E-state index contributed by atoms with van der Waals surface area (Å²) in [5.41, 5.74) is 0.996. The molecule has 2 aromatic carbocycles. The first-order valence-corrected chi connectivity index (χ1v) is 13.0. The average Bonchev–Trinajstić information content (AvgIpc) is 2.74. The third-order valence-corrected chi connectivity index (χ3v) is 8.71. The number of piperidine rings is 1. The highest BCUT2D eigenvalue weighted by Gasteiger charge is 2.26. The summed E-state index contributed by atoms with van der Waals surface area (Å²) in [6.45, 7) is 3.31. The number of nitrogens with one attached hydrogen (secondary N) is 1. The minimum atomic E-state index is -3.76. The first kappa shape index (κ1) is 22.7. The second-order valence-corrected chi connectivity index (χ2v) is 11.3. The molecule has 1 aliphatic heterocycles. The summed E-state index contributed by atoms with van der Waals surface area (Å²) in [6, 6.07) is 14.8. The van der Waals surface area contributed by atoms with Crippen molar-refractivity contribution in [3.05, 3.63) is 54.6 Å². The maximum absolute atomic E-state index is 12.7. The molecule has 30 heavy (non-hydrogen) atoms. The lowest BCUT2D eigenvalue weighted by molar-refractivity contribution is 0.346. The van der Waals surface area contributed by atoms with E-state index in [2.05, 4.69) is 4.72 Å². The zero-order chi connectivity index (χ0) is 21.8. The third-order valence-electron chi connectivity index (χ3n) is 5.19. The smallest absolute Gasteiger partial charge is 0.243 e. The molecule has 0 aromatic heterocycles. The van der Waals surface area contributed by atoms with Gasteiger partial charge in [-0.05, 0) is 56.2 Å². The van der Waals surface area contributed by atoms with E-state index in [9.17, 15) is 16.8 Å². The number of para-hydroxylation sites is 1. The standard InChI is InChI=1S/C21H29N3O4S2/c1-18(17-23(2)19-9-5-3-6-10-19)22-29(25,26)20-11-13-21(14-12-20)30(27,28)24-15-7-4-8-16-24/h3,5-6,9-14,18,22H,4,7-8,15-17H2,1-2H3. The van der Waals surface area contributed by atoms with E-state index >= 15 is 0 Å². The summed E-state index contributed by atoms with van der Waals surface area (Å²) in [7, 11) is -5.44. The molecule has 7 nitrogen and oxygen atoms in total. The van der Waals surface area contributed by atoms with Gasteiger partial charge >= 0.3 is 0 Å². The summed E-state index contributed by atoms with van der Waals surface area (Å²) in [5, 5.41) is 0. The minimum Gasteiger partial charge on any atom is -0.373 e. The minimum absolute atomic E-state index is 0.0503. The fraction of sp³-hybridized carbons (Fsp3) is 0.429. The Hall–Kier alpha value is -1.94. The van der Waals surface area contributed by atoms with Crippen LogP contribution in [0.1, 0.15) is 26.2 Å². The van der Waals surface area contributed by atoms with Crippen LogP contribution in [0.25, 0.3) is 0 Å². The number of nitrogens with zero attached hydrogens (tertiary/aromatic N) is 2. The molecule has 0 amide bonds. The van der Waals surface area contributed by atoms with Crippen molar-refractivity contribution in [1.29, 1.82) is 0 Å². The van der Waals surface area contributed by atoms with Crippen LogP contribution in [0.2, 0.25) is 0 Å². The van der Waals surface area contributed by atoms with Crippen LogP contribution < -0.4 is 9.62 Å². The van der Waals surface area contributed by atoms with Crippen molar-refractivity contribution >= 4 is 25.7 Å². The van der Waals surface area contributed by atoms with E-state index in [1.54, 1.807) is 6.92 Å². The Morgan fingerprint density at radius 1 is 0.900 bits per heavy atom. The van der Waals surface area contributed by atoms with Crippen molar-refractivity contribution in [3.8, 4) is 0 Å². The number of likely N-dealkylation sites (N-methyl/N-ethyl adjacent to an activating group) is 1. The van der Waals surface area contributed by atoms with E-state index in [4.69, 9.17) is 0 Å². The van der Waals surface area contributed by atoms with Gasteiger partial charge in [-0.1, -0.05) is 24.6 Å². The van der Waals surface area contributed by atoms with Gasteiger partial charge in [-0.25, -0.2) is 21.6 Å². The molecule has 1 N–H and O–H groups in total. The Balaban J connectivity index is 1.67. The Morgan fingerprint density at radius 3 is 2.07 bits per heavy atom. The molecule has 3 rings (SSSR count). The average molecular weight is 452 g/mol. The highest BCUT2D eigenvalue weighted by molar-refractivity contribution is 7.89. The normalized spacial score (nSPS) is 16.9. The number of hydrogen-bond donors (Lipinski definition) is 1. The van der Waals surface area contributed by atoms with Gasteiger partial charge in [-0.3, -0.25) is 0 Å². The molecule has 1 aliphatic rings. The predicted molar refractivity (Wildman–Crippen MR) is 119 cm³/mol. The summed E-state index contributed by atoms with van der Waals surface area (Å²) < 4.78 is 55.1. The topological polar surface area (TPSA) is 86.8 Å². The van der Waals surface area contributed by atoms with Crippen LogP contribution >= 0.6 is 0 Å². The number of anilines is 1. The highest BCUT2D eigenvalue weighted by atomic mass is 32.2. The molecule has 2 aromatic rings. The molecule has 1 heterocycles. The van der Waals surface area contributed by atoms with E-state index in [0.717, 1.165) is 24.9 Å². The summed E-state index contributed by atoms with van der Waals surface area (Å²) in [6.07, 6.45) is 2.74. The van der Waals surface area contributed by atoms with Gasteiger partial charge in [0.1, 0.15) is 0 Å². The van der Waals surface area contributed by atoms with Crippen LogP contribution in [0.5, 0.6) is 0 Å². The molecule has 0 spiro atoms. The number of rotatable bonds is 8. The van der Waals surface area contributed by atoms with E-state index in [-0.39, 0.29) is 15.8 Å². The van der Waals surface area contributed by atoms with Gasteiger partial charge in [-0.15, -0.1) is 0 Å². The maximum atomic E-state index is 12.7. The Kier molecular flexibility index (Phi) is 7.18. The molecule has 0 aliphatic carbocycles. The second-order valence-electron chi connectivity index (χ2n) is 7.67. The second kappa shape index (κ2) is 9.47. The monoisotopic (exact) mass is 451 g/mol. The first-order valence-electron chi connectivity index (χ1n) is 10.1. The third kappa shape index (κ3) is 5.40. The lowest BCUT2D eigenvalue weighted by atomic mass is 10.2. The van der Waals surface area contributed by atoms with Crippen LogP contribution in [0.3, 0.4) is 0 Å². The van der Waals surface area contributed by atoms with Gasteiger partial charge in [-0.2, -0.15) is 4.31 Å². The lowest BCUT2D eigenvalue weighted by Gasteiger charge is -2.26. The predicted octanol–water partition coefficient (Wildman–Crippen LogP) is 2.66. The fourth-order valence-corrected chi connectivity index (χ4v) is 6.37. The molecular formula is C21H29N3O4S2. The molecule has 9 heteroatoms. The van der Waals surface area contributed by atoms with Gasteiger partial charge in [0.15, 0.2) is 0 Å². The molecule has 1 atom stereocenters. The Morgan fingerprint density at radius 2 is 1.47 bits per heavy atom. The fourth-order valence-electron chi connectivity index (χ4n) is 3.61. The molecule has 0 radical (unpaired) electrons. The first-order chi connectivity index (χ1) is 14.2. The van der Waals surface area contributed by atoms with Gasteiger partial charge in [0.25, 0.3) is 0 Å². The largest absolute Gasteiger partial charge is 0.373 e. The van der Waals surface area contributed by atoms with Gasteiger partial charge in [0.2, 0.25) is 20.0 Å². The van der Waals surface area contributed by atoms with Gasteiger partial charge < -0.3 is 4.90 Å². The van der Waals surface area contributed by atoms with Crippen molar-refractivity contribution in [1.82, 2.24) is 9.03 Å². The lowest BCUT2D eigenvalue weighted by Crippen LogP contribution is -2.40. The summed E-state index contributed by atoms with van der Waals surface area (Å²) in [5.74, 6) is 0. The van der Waals surface area contributed by atoms with E-state index in [0.29, 0.717) is 19.6 Å². The van der Waals surface area contributed by atoms with Crippen molar-refractivity contribution in [2.75, 3.05) is 31.6 Å². The highest BCUT2D eigenvalue weighted by Crippen LogP contribution is 2.22. The molecule has 0 saturated carbocycles. The van der Waals surface area contributed by atoms with Crippen LogP contribution in [0.4, 0.5) is 5.69 Å². The maximum Gasteiger partial charge on any atom is 0.243 e. The number of sulfonamides is 2. The van der Waals surface area contributed by atoms with E-state index < -0.39 is 20.0 Å². The SMILES string of the molecule is CC(CN(C)c1ccccc1)NS(=O)(=O)c1ccc(S(=O)(=O)N2CCCCC2)cc1. The molecule has 1 saturated heterocycles. The van der Waals surface area contributed by atoms with Crippen LogP contribution in [0, 0.1) is 0 Å². The zero-order valence-electron chi connectivity index (χ0n) is 17.4. The molecular weight excluding hydrogens is 422 g/mol. The van der Waals surface area contributed by atoms with Crippen molar-refractivity contribution in [2.24, 2.45) is 0 Å². The quantitative estimate of drug-likeness (QED) is 0.667. The molecule has 1 fully saturated rings. The van der Waals surface area contributed by atoms with Crippen molar-refractivity contribution < 1.29 is 16.8 Å². The van der Waals surface area contributed by atoms with Crippen molar-refractivity contribution in [2.45, 2.75) is 42.0 Å². The van der Waals surface area contributed by atoms with Crippen LogP contribution in [-0.4, -0.2) is 53.9 Å². The molecule has 0 bridgehead atoms. The number of benzene rings is 2. The van der Waals surface area contributed by atoms with Crippen molar-refractivity contribution in [3.63, 3.8) is 0 Å². The van der Waals surface area contributed by atoms with E-state index in [1.807, 2.05) is 42.3 Å². The van der Waals surface area contributed by atoms with Crippen LogP contribution in [0.15, 0.2) is 64.4 Å². The zero-order valence-corrected chi connectivity index (χ0v) is 19.0.